The summed E-state index contributed by atoms with van der Waals surface area (Å²) in [4.78, 5) is 23.0. The average molecular weight is 447 g/mol. The van der Waals surface area contributed by atoms with Gasteiger partial charge in [-0.15, -0.1) is 0 Å². The van der Waals surface area contributed by atoms with Crippen LogP contribution in [0.25, 0.3) is 5.52 Å². The lowest BCUT2D eigenvalue weighted by molar-refractivity contribution is 0.204. The van der Waals surface area contributed by atoms with Crippen molar-refractivity contribution in [2.45, 2.75) is 37.6 Å². The van der Waals surface area contributed by atoms with Gasteiger partial charge >= 0.3 is 6.03 Å². The number of carbonyl (C=O) groups excluding carboxylic acids is 1. The third-order valence-corrected chi connectivity index (χ3v) is 6.06. The molecule has 1 saturated carbocycles. The lowest BCUT2D eigenvalue weighted by atomic mass is 10.2. The molecule has 168 valence electrons. The third-order valence-electron chi connectivity index (χ3n) is 6.06. The predicted molar refractivity (Wildman–Crippen MR) is 119 cm³/mol. The van der Waals surface area contributed by atoms with Crippen molar-refractivity contribution >= 4 is 28.9 Å². The minimum atomic E-state index is -0.596. The fourth-order valence-corrected chi connectivity index (χ4v) is 4.23. The average Bonchev–Trinajstić information content (AvgIpc) is 3.20. The van der Waals surface area contributed by atoms with Gasteiger partial charge in [-0.2, -0.15) is 14.6 Å². The zero-order valence-electron chi connectivity index (χ0n) is 17.7. The number of likely N-dealkylation sites (tertiary alicyclic amines) is 1. The maximum Gasteiger partial charge on any atom is 0.322 e. The number of hydrogen-bond acceptors (Lipinski definition) is 6. The van der Waals surface area contributed by atoms with Gasteiger partial charge < -0.3 is 15.5 Å². The number of amides is 2. The van der Waals surface area contributed by atoms with Crippen LogP contribution in [0.1, 0.15) is 49.2 Å². The maximum absolute atomic E-state index is 13.1. The molecule has 1 atom stereocenters. The molecule has 0 unspecified atom stereocenters. The number of fused-ring (bicyclic) bond motifs is 1. The molecule has 0 aromatic carbocycles. The Kier molecular flexibility index (Phi) is 4.67. The second kappa shape index (κ2) is 7.84. The van der Waals surface area contributed by atoms with Gasteiger partial charge in [-0.3, -0.25) is 5.10 Å². The Morgan fingerprint density at radius 1 is 1.21 bits per heavy atom. The van der Waals surface area contributed by atoms with E-state index in [4.69, 9.17) is 4.98 Å². The number of halogens is 1. The molecule has 6 rings (SSSR count). The highest BCUT2D eigenvalue weighted by Gasteiger charge is 2.33. The van der Waals surface area contributed by atoms with E-state index in [1.807, 2.05) is 24.4 Å². The molecule has 5 heterocycles. The zero-order valence-corrected chi connectivity index (χ0v) is 17.7. The largest absolute Gasteiger partial charge is 0.322 e. The van der Waals surface area contributed by atoms with Crippen LogP contribution in [0.5, 0.6) is 0 Å². The quantitative estimate of drug-likeness (QED) is 0.399. The van der Waals surface area contributed by atoms with E-state index in [1.54, 1.807) is 9.42 Å². The zero-order chi connectivity index (χ0) is 22.4. The monoisotopic (exact) mass is 447 g/mol. The summed E-state index contributed by atoms with van der Waals surface area (Å²) < 4.78 is 14.8. The van der Waals surface area contributed by atoms with Crippen LogP contribution in [0, 0.1) is 5.95 Å². The number of H-pyrrole nitrogens is 1. The van der Waals surface area contributed by atoms with Gasteiger partial charge in [-0.1, -0.05) is 0 Å². The van der Waals surface area contributed by atoms with E-state index in [-0.39, 0.29) is 12.1 Å². The predicted octanol–water partition coefficient (Wildman–Crippen LogP) is 3.98. The summed E-state index contributed by atoms with van der Waals surface area (Å²) in [5.74, 6) is 1.86. The fraction of sp³-hybridized carbons (Fsp3) is 0.318. The number of rotatable bonds is 5. The number of carbonyl (C=O) groups is 1. The number of pyridine rings is 1. The van der Waals surface area contributed by atoms with Crippen LogP contribution >= 0.6 is 0 Å². The van der Waals surface area contributed by atoms with Crippen molar-refractivity contribution in [1.29, 1.82) is 0 Å². The van der Waals surface area contributed by atoms with Gasteiger partial charge in [0.25, 0.3) is 0 Å². The molecular weight excluding hydrogens is 425 g/mol. The molecule has 1 aliphatic heterocycles. The number of hydrogen-bond donors (Lipinski definition) is 3. The number of urea groups is 1. The van der Waals surface area contributed by atoms with Crippen LogP contribution in [0.4, 0.5) is 26.5 Å². The van der Waals surface area contributed by atoms with Gasteiger partial charge in [0.2, 0.25) is 5.95 Å². The summed E-state index contributed by atoms with van der Waals surface area (Å²) in [6.07, 6.45) is 7.11. The van der Waals surface area contributed by atoms with Crippen molar-refractivity contribution in [2.75, 3.05) is 17.2 Å². The first-order valence-electron chi connectivity index (χ1n) is 11.0. The van der Waals surface area contributed by atoms with Crippen molar-refractivity contribution in [2.24, 2.45) is 0 Å². The van der Waals surface area contributed by atoms with E-state index < -0.39 is 5.95 Å². The Labute approximate surface area is 188 Å². The highest BCUT2D eigenvalue weighted by molar-refractivity contribution is 5.89. The molecule has 1 aliphatic carbocycles. The molecule has 0 bridgehead atoms. The van der Waals surface area contributed by atoms with Crippen LogP contribution in [-0.2, 0) is 0 Å². The smallest absolute Gasteiger partial charge is 0.322 e. The molecule has 4 aromatic heterocycles. The van der Waals surface area contributed by atoms with Gasteiger partial charge in [0, 0.05) is 30.4 Å². The topological polar surface area (TPSA) is 116 Å². The SMILES string of the molecule is O=C(Nc1ccc(F)nc1)N1CCC[C@@H]1c1nc(Nc2cc(C3CC3)[nH]n2)c2cccn2n1. The minimum absolute atomic E-state index is 0.285. The first-order chi connectivity index (χ1) is 16.1. The van der Waals surface area contributed by atoms with E-state index in [1.165, 1.54) is 31.2 Å². The summed E-state index contributed by atoms with van der Waals surface area (Å²) in [7, 11) is 0. The Morgan fingerprint density at radius 2 is 2.12 bits per heavy atom. The first kappa shape index (κ1) is 19.6. The van der Waals surface area contributed by atoms with Gasteiger partial charge in [0.15, 0.2) is 17.5 Å². The molecule has 10 nitrogen and oxygen atoms in total. The number of aromatic nitrogens is 6. The van der Waals surface area contributed by atoms with Crippen LogP contribution in [0.3, 0.4) is 0 Å². The van der Waals surface area contributed by atoms with Crippen LogP contribution in [0.2, 0.25) is 0 Å². The second-order valence-corrected chi connectivity index (χ2v) is 8.42. The Bertz CT molecular complexity index is 1310. The summed E-state index contributed by atoms with van der Waals surface area (Å²) in [5.41, 5.74) is 2.38. The highest BCUT2D eigenvalue weighted by Crippen LogP contribution is 2.40. The molecule has 2 amide bonds. The molecule has 1 saturated heterocycles. The van der Waals surface area contributed by atoms with E-state index in [0.717, 1.165) is 24.1 Å². The Balaban J connectivity index is 1.27. The van der Waals surface area contributed by atoms with Crippen LogP contribution in [0.15, 0.2) is 42.7 Å². The van der Waals surface area contributed by atoms with Crippen molar-refractivity contribution in [3.63, 3.8) is 0 Å². The van der Waals surface area contributed by atoms with Gasteiger partial charge in [-0.05, 0) is 49.9 Å². The van der Waals surface area contributed by atoms with Crippen LogP contribution < -0.4 is 10.6 Å². The molecule has 2 aliphatic rings. The van der Waals surface area contributed by atoms with Crippen molar-refractivity contribution < 1.29 is 9.18 Å². The molecule has 0 spiro atoms. The van der Waals surface area contributed by atoms with Crippen LogP contribution in [-0.4, -0.2) is 47.3 Å². The summed E-state index contributed by atoms with van der Waals surface area (Å²) in [6.45, 7) is 0.574. The Morgan fingerprint density at radius 3 is 2.94 bits per heavy atom. The van der Waals surface area contributed by atoms with Gasteiger partial charge in [0.1, 0.15) is 5.52 Å². The minimum Gasteiger partial charge on any atom is -0.322 e. The first-order valence-corrected chi connectivity index (χ1v) is 11.0. The molecule has 4 aromatic rings. The number of aromatic amines is 1. The normalized spacial score (nSPS) is 18.1. The second-order valence-electron chi connectivity index (χ2n) is 8.42. The standard InChI is InChI=1S/C22H22FN9O/c23-18-8-7-14(12-24-18)25-22(33)31-9-1-3-16(31)21-27-20(17-4-2-10-32(17)30-21)26-19-11-15(28-29-19)13-5-6-13/h2,4,7-8,10-13,16H,1,3,5-6,9H2,(H,25,33)(H2,26,27,28,29,30)/t16-/m1/s1. The molecular formula is C22H22FN9O. The van der Waals surface area contributed by atoms with E-state index in [9.17, 15) is 9.18 Å². The highest BCUT2D eigenvalue weighted by atomic mass is 19.1. The fourth-order valence-electron chi connectivity index (χ4n) is 4.23. The number of nitrogens with zero attached hydrogens (tertiary/aromatic N) is 6. The molecule has 33 heavy (non-hydrogen) atoms. The van der Waals surface area contributed by atoms with Gasteiger partial charge in [-0.25, -0.2) is 19.3 Å². The van der Waals surface area contributed by atoms with E-state index in [2.05, 4.69) is 30.9 Å². The van der Waals surface area contributed by atoms with Crippen molar-refractivity contribution in [3.8, 4) is 0 Å². The van der Waals surface area contributed by atoms with Crippen molar-refractivity contribution in [3.05, 3.63) is 60.2 Å². The molecule has 0 radical (unpaired) electrons. The maximum atomic E-state index is 13.1. The molecule has 2 fully saturated rings. The van der Waals surface area contributed by atoms with E-state index in [0.29, 0.717) is 35.6 Å². The molecule has 3 N–H and O–H groups in total. The Hall–Kier alpha value is -4.02. The summed E-state index contributed by atoms with van der Waals surface area (Å²) in [5, 5.41) is 18.2. The summed E-state index contributed by atoms with van der Waals surface area (Å²) >= 11 is 0. The number of nitrogens with one attached hydrogen (secondary N) is 3. The third kappa shape index (κ3) is 3.86. The number of anilines is 3. The van der Waals surface area contributed by atoms with Crippen molar-refractivity contribution in [1.82, 2.24) is 34.7 Å². The van der Waals surface area contributed by atoms with E-state index >= 15 is 0 Å². The lowest BCUT2D eigenvalue weighted by Gasteiger charge is -2.24. The van der Waals surface area contributed by atoms with Gasteiger partial charge in [0.05, 0.1) is 17.9 Å². The molecule has 11 heteroatoms. The summed E-state index contributed by atoms with van der Waals surface area (Å²) in [6, 6.07) is 7.97. The lowest BCUT2D eigenvalue weighted by Crippen LogP contribution is -2.35.